The van der Waals surface area contributed by atoms with Crippen LogP contribution in [0.2, 0.25) is 0 Å². The van der Waals surface area contributed by atoms with Gasteiger partial charge in [0, 0.05) is 14.2 Å². The fourth-order valence-electron chi connectivity index (χ4n) is 2.92. The second-order valence-electron chi connectivity index (χ2n) is 7.59. The third-order valence-electron chi connectivity index (χ3n) is 4.12. The van der Waals surface area contributed by atoms with E-state index in [1.54, 1.807) is 20.3 Å². The molecule has 1 saturated heterocycles. The number of ether oxygens (including phenoxy) is 6. The van der Waals surface area contributed by atoms with Gasteiger partial charge in [-0.05, 0) is 31.8 Å². The van der Waals surface area contributed by atoms with Crippen molar-refractivity contribution in [2.45, 2.75) is 58.2 Å². The van der Waals surface area contributed by atoms with Crippen LogP contribution >= 0.6 is 0 Å². The first-order chi connectivity index (χ1) is 12.7. The van der Waals surface area contributed by atoms with Gasteiger partial charge in [-0.3, -0.25) is 4.79 Å². The molecule has 0 aromatic carbocycles. The lowest BCUT2D eigenvalue weighted by atomic mass is 9.84. The van der Waals surface area contributed by atoms with Gasteiger partial charge in [-0.1, -0.05) is 32.1 Å². The van der Waals surface area contributed by atoms with Crippen LogP contribution in [0, 0.1) is 5.41 Å². The molecule has 1 heterocycles. The van der Waals surface area contributed by atoms with Gasteiger partial charge in [-0.2, -0.15) is 0 Å². The lowest BCUT2D eigenvalue weighted by molar-refractivity contribution is -0.209. The summed E-state index contributed by atoms with van der Waals surface area (Å²) in [7, 11) is 3.15. The Labute approximate surface area is 162 Å². The molecule has 0 aromatic heterocycles. The zero-order valence-electron chi connectivity index (χ0n) is 17.3. The quantitative estimate of drug-likeness (QED) is 0.209. The third-order valence-corrected chi connectivity index (χ3v) is 4.12. The molecule has 0 radical (unpaired) electrons. The normalized spacial score (nSPS) is 22.5. The lowest BCUT2D eigenvalue weighted by Gasteiger charge is -2.35. The maximum atomic E-state index is 10.4. The van der Waals surface area contributed by atoms with Crippen LogP contribution in [0.25, 0.3) is 0 Å². The second kappa shape index (κ2) is 11.7. The predicted molar refractivity (Wildman–Crippen MR) is 101 cm³/mol. The molecule has 0 unspecified atom stereocenters. The van der Waals surface area contributed by atoms with E-state index in [1.807, 2.05) is 26.0 Å². The monoisotopic (exact) mass is 386 g/mol. The summed E-state index contributed by atoms with van der Waals surface area (Å²) in [5, 5.41) is 0. The number of aldehydes is 1. The molecule has 1 fully saturated rings. The van der Waals surface area contributed by atoms with E-state index >= 15 is 0 Å². The van der Waals surface area contributed by atoms with E-state index in [4.69, 9.17) is 28.4 Å². The minimum atomic E-state index is -0.666. The van der Waals surface area contributed by atoms with Crippen LogP contribution in [0.1, 0.15) is 34.1 Å². The zero-order valence-corrected chi connectivity index (χ0v) is 17.3. The highest BCUT2D eigenvalue weighted by atomic mass is 16.8. The molecule has 1 aliphatic heterocycles. The first kappa shape index (κ1) is 23.9. The van der Waals surface area contributed by atoms with E-state index in [2.05, 4.69) is 13.8 Å². The maximum absolute atomic E-state index is 10.4. The Hall–Kier alpha value is -1.09. The van der Waals surface area contributed by atoms with Gasteiger partial charge in [-0.15, -0.1) is 0 Å². The minimum Gasteiger partial charge on any atom is -0.359 e. The summed E-state index contributed by atoms with van der Waals surface area (Å²) in [5.41, 5.74) is -0.213. The van der Waals surface area contributed by atoms with Crippen LogP contribution in [0.15, 0.2) is 24.3 Å². The molecule has 27 heavy (non-hydrogen) atoms. The Bertz CT molecular complexity index is 485. The Morgan fingerprint density at radius 2 is 1.78 bits per heavy atom. The molecule has 0 amide bonds. The van der Waals surface area contributed by atoms with Crippen molar-refractivity contribution in [3.8, 4) is 0 Å². The van der Waals surface area contributed by atoms with Crippen molar-refractivity contribution in [3.05, 3.63) is 24.3 Å². The van der Waals surface area contributed by atoms with E-state index in [0.717, 1.165) is 6.29 Å². The number of methoxy groups -OCH3 is 2. The maximum Gasteiger partial charge on any atom is 0.163 e. The molecule has 0 saturated carbocycles. The number of carbonyl (C=O) groups excluding carboxylic acids is 1. The predicted octanol–water partition coefficient (Wildman–Crippen LogP) is 2.84. The van der Waals surface area contributed by atoms with Crippen molar-refractivity contribution in [2.24, 2.45) is 5.41 Å². The van der Waals surface area contributed by atoms with Gasteiger partial charge in [0.2, 0.25) is 0 Å². The van der Waals surface area contributed by atoms with Crippen LogP contribution in [0.4, 0.5) is 0 Å². The van der Waals surface area contributed by atoms with Crippen molar-refractivity contribution < 1.29 is 33.2 Å². The fourth-order valence-corrected chi connectivity index (χ4v) is 2.92. The molecular formula is C20H34O7. The molecule has 0 bridgehead atoms. The highest BCUT2D eigenvalue weighted by molar-refractivity contribution is 5.65. The van der Waals surface area contributed by atoms with Gasteiger partial charge in [0.25, 0.3) is 0 Å². The summed E-state index contributed by atoms with van der Waals surface area (Å²) >= 11 is 0. The summed E-state index contributed by atoms with van der Waals surface area (Å²) in [6, 6.07) is 0. The van der Waals surface area contributed by atoms with Crippen molar-refractivity contribution in [1.82, 2.24) is 0 Å². The molecule has 7 nitrogen and oxygen atoms in total. The molecule has 3 atom stereocenters. The topological polar surface area (TPSA) is 72.5 Å². The molecule has 7 heteroatoms. The minimum absolute atomic E-state index is 0.121. The van der Waals surface area contributed by atoms with Crippen LogP contribution in [0.5, 0.6) is 0 Å². The molecule has 0 aromatic rings. The summed E-state index contributed by atoms with van der Waals surface area (Å²) in [6.45, 7) is 8.59. The van der Waals surface area contributed by atoms with E-state index in [-0.39, 0.29) is 37.3 Å². The van der Waals surface area contributed by atoms with E-state index in [1.165, 1.54) is 6.08 Å². The van der Waals surface area contributed by atoms with E-state index < -0.39 is 5.79 Å². The van der Waals surface area contributed by atoms with E-state index in [9.17, 15) is 4.79 Å². The van der Waals surface area contributed by atoms with Crippen molar-refractivity contribution in [1.29, 1.82) is 0 Å². The van der Waals surface area contributed by atoms with Crippen LogP contribution < -0.4 is 0 Å². The Morgan fingerprint density at radius 1 is 1.11 bits per heavy atom. The fraction of sp³-hybridized carbons (Fsp3) is 0.750. The van der Waals surface area contributed by atoms with Gasteiger partial charge < -0.3 is 28.4 Å². The molecule has 0 N–H and O–H groups in total. The average Bonchev–Trinajstić information content (AvgIpc) is 2.96. The summed E-state index contributed by atoms with van der Waals surface area (Å²) < 4.78 is 33.8. The number of carbonyl (C=O) groups is 1. The molecule has 0 aliphatic carbocycles. The second-order valence-corrected chi connectivity index (χ2v) is 7.59. The molecular weight excluding hydrogens is 352 g/mol. The standard InChI is InChI=1S/C20H34O7/c1-19(2,10-8-7-9-11-21)12-16(24-14-22-5)18(25-15-23-6)17-13-26-20(3,4)27-17/h7-11,16-18H,12-15H2,1-6H3/b9-7+,10-8+/t16-,17+,18-/m0/s1. The highest BCUT2D eigenvalue weighted by Gasteiger charge is 2.43. The number of hydrogen-bond donors (Lipinski definition) is 0. The summed E-state index contributed by atoms with van der Waals surface area (Å²) in [6.07, 6.45) is 7.44. The van der Waals surface area contributed by atoms with Gasteiger partial charge in [0.05, 0.1) is 12.7 Å². The Morgan fingerprint density at radius 3 is 2.33 bits per heavy atom. The smallest absolute Gasteiger partial charge is 0.163 e. The van der Waals surface area contributed by atoms with Crippen molar-refractivity contribution in [3.63, 3.8) is 0 Å². The van der Waals surface area contributed by atoms with E-state index in [0.29, 0.717) is 13.0 Å². The molecule has 156 valence electrons. The van der Waals surface area contributed by atoms with Gasteiger partial charge in [-0.25, -0.2) is 0 Å². The first-order valence-corrected chi connectivity index (χ1v) is 9.07. The zero-order chi connectivity index (χ0) is 20.3. The van der Waals surface area contributed by atoms with Gasteiger partial charge >= 0.3 is 0 Å². The van der Waals surface area contributed by atoms with Crippen molar-refractivity contribution >= 4 is 6.29 Å². The first-order valence-electron chi connectivity index (χ1n) is 9.07. The Kier molecular flexibility index (Phi) is 10.4. The van der Waals surface area contributed by atoms with Gasteiger partial charge in [0.15, 0.2) is 5.79 Å². The lowest BCUT2D eigenvalue weighted by Crippen LogP contribution is -2.45. The highest BCUT2D eigenvalue weighted by Crippen LogP contribution is 2.33. The molecule has 1 rings (SSSR count). The number of rotatable bonds is 13. The van der Waals surface area contributed by atoms with Crippen LogP contribution in [0.3, 0.4) is 0 Å². The van der Waals surface area contributed by atoms with Gasteiger partial charge in [0.1, 0.15) is 32.1 Å². The Balaban J connectivity index is 2.94. The number of allylic oxidation sites excluding steroid dienone is 4. The summed E-state index contributed by atoms with van der Waals surface area (Å²) in [5.74, 6) is -0.666. The molecule has 0 spiro atoms. The van der Waals surface area contributed by atoms with Crippen molar-refractivity contribution in [2.75, 3.05) is 34.4 Å². The SMILES string of the molecule is COCO[C@@H]([C@H](CC(C)(C)/C=C/C=C/C=O)OCOC)[C@H]1COC(C)(C)O1. The average molecular weight is 386 g/mol. The van der Waals surface area contributed by atoms with Crippen LogP contribution in [-0.2, 0) is 33.2 Å². The third kappa shape index (κ3) is 9.10. The molecule has 1 aliphatic rings. The largest absolute Gasteiger partial charge is 0.359 e. The number of hydrogen-bond acceptors (Lipinski definition) is 7. The summed E-state index contributed by atoms with van der Waals surface area (Å²) in [4.78, 5) is 10.4. The van der Waals surface area contributed by atoms with Crippen LogP contribution in [-0.4, -0.2) is 64.8 Å².